The summed E-state index contributed by atoms with van der Waals surface area (Å²) in [6.07, 6.45) is 0.314. The number of rotatable bonds is 4. The molecule has 1 aromatic carbocycles. The molecule has 0 N–H and O–H groups in total. The molecule has 0 unspecified atom stereocenters. The van der Waals surface area contributed by atoms with Crippen molar-refractivity contribution in [2.24, 2.45) is 5.92 Å². The van der Waals surface area contributed by atoms with Crippen molar-refractivity contribution < 1.29 is 19.2 Å². The van der Waals surface area contributed by atoms with Gasteiger partial charge < -0.3 is 14.5 Å². The molecule has 2 rings (SSSR count). The second kappa shape index (κ2) is 8.64. The normalized spacial score (nSPS) is 14.9. The maximum Gasteiger partial charge on any atom is 0.409 e. The van der Waals surface area contributed by atoms with Gasteiger partial charge in [0.25, 0.3) is 11.6 Å². The highest BCUT2D eigenvalue weighted by molar-refractivity contribution is 5.96. The van der Waals surface area contributed by atoms with E-state index in [1.807, 2.05) is 13.8 Å². The molecule has 1 aliphatic rings. The monoisotopic (exact) mass is 363 g/mol. The third-order valence-electron chi connectivity index (χ3n) is 4.23. The molecule has 0 aromatic heterocycles. The van der Waals surface area contributed by atoms with Gasteiger partial charge in [0, 0.05) is 43.9 Å². The molecule has 0 bridgehead atoms. The number of benzene rings is 1. The summed E-state index contributed by atoms with van der Waals surface area (Å²) in [6, 6.07) is 4.24. The van der Waals surface area contributed by atoms with E-state index in [1.54, 1.807) is 16.7 Å². The molecule has 0 spiro atoms. The van der Waals surface area contributed by atoms with Crippen LogP contribution in [-0.4, -0.2) is 59.5 Å². The predicted molar refractivity (Wildman–Crippen MR) is 96.1 cm³/mol. The minimum atomic E-state index is -0.478. The molecule has 0 atom stereocenters. The van der Waals surface area contributed by atoms with Crippen LogP contribution in [0.2, 0.25) is 0 Å². The van der Waals surface area contributed by atoms with Crippen LogP contribution < -0.4 is 0 Å². The fourth-order valence-corrected chi connectivity index (χ4v) is 2.80. The van der Waals surface area contributed by atoms with Gasteiger partial charge in [0.15, 0.2) is 0 Å². The van der Waals surface area contributed by atoms with Crippen LogP contribution in [0, 0.1) is 23.0 Å². The molecule has 26 heavy (non-hydrogen) atoms. The number of nitrogens with zero attached hydrogens (tertiary/aromatic N) is 3. The van der Waals surface area contributed by atoms with Crippen LogP contribution in [0.25, 0.3) is 0 Å². The number of amides is 2. The Labute approximate surface area is 152 Å². The predicted octanol–water partition coefficient (Wildman–Crippen LogP) is 2.84. The zero-order valence-electron chi connectivity index (χ0n) is 15.4. The van der Waals surface area contributed by atoms with Gasteiger partial charge in [-0.2, -0.15) is 0 Å². The molecule has 0 aliphatic carbocycles. The highest BCUT2D eigenvalue weighted by Crippen LogP contribution is 2.19. The molecule has 0 radical (unpaired) electrons. The molecular formula is C18H25N3O5. The number of carbonyl (C=O) groups is 2. The minimum absolute atomic E-state index is 0.0333. The molecular weight excluding hydrogens is 338 g/mol. The van der Waals surface area contributed by atoms with E-state index in [4.69, 9.17) is 4.74 Å². The molecule has 1 aliphatic heterocycles. The number of hydrogen-bond donors (Lipinski definition) is 0. The fraction of sp³-hybridized carbons (Fsp3) is 0.556. The number of carbonyl (C=O) groups excluding carboxylic acids is 2. The Bertz CT molecular complexity index is 689. The first-order valence-electron chi connectivity index (χ1n) is 8.75. The second-order valence-electron chi connectivity index (χ2n) is 6.86. The van der Waals surface area contributed by atoms with Crippen molar-refractivity contribution in [2.45, 2.75) is 27.2 Å². The summed E-state index contributed by atoms with van der Waals surface area (Å²) < 4.78 is 5.25. The Balaban J connectivity index is 2.01. The van der Waals surface area contributed by atoms with E-state index in [2.05, 4.69) is 0 Å². The van der Waals surface area contributed by atoms with Gasteiger partial charge in [-0.25, -0.2) is 4.79 Å². The Hall–Kier alpha value is -2.64. The average Bonchev–Trinajstić information content (AvgIpc) is 2.85. The van der Waals surface area contributed by atoms with Gasteiger partial charge in [0.1, 0.15) is 0 Å². The van der Waals surface area contributed by atoms with Gasteiger partial charge in [-0.3, -0.25) is 14.9 Å². The number of non-ortho nitro benzene ring substituents is 1. The molecule has 2 amide bonds. The molecule has 142 valence electrons. The third kappa shape index (κ3) is 4.93. The van der Waals surface area contributed by atoms with E-state index in [-0.39, 0.29) is 23.6 Å². The zero-order chi connectivity index (χ0) is 19.3. The first kappa shape index (κ1) is 19.7. The van der Waals surface area contributed by atoms with Gasteiger partial charge in [-0.05, 0) is 30.9 Å². The van der Waals surface area contributed by atoms with Crippen LogP contribution in [0.5, 0.6) is 0 Å². The van der Waals surface area contributed by atoms with E-state index in [0.717, 1.165) is 0 Å². The summed E-state index contributed by atoms with van der Waals surface area (Å²) in [4.78, 5) is 38.5. The molecule has 1 heterocycles. The van der Waals surface area contributed by atoms with Gasteiger partial charge in [0.05, 0.1) is 11.5 Å². The largest absolute Gasteiger partial charge is 0.449 e. The van der Waals surface area contributed by atoms with Crippen LogP contribution in [-0.2, 0) is 4.74 Å². The van der Waals surface area contributed by atoms with Crippen molar-refractivity contribution >= 4 is 17.7 Å². The number of hydrogen-bond acceptors (Lipinski definition) is 5. The maximum atomic E-state index is 12.8. The first-order valence-corrected chi connectivity index (χ1v) is 8.75. The van der Waals surface area contributed by atoms with Crippen molar-refractivity contribution in [3.05, 3.63) is 39.4 Å². The van der Waals surface area contributed by atoms with Crippen LogP contribution in [0.1, 0.15) is 36.2 Å². The molecule has 1 fully saturated rings. The summed E-state index contributed by atoms with van der Waals surface area (Å²) in [5.74, 6) is 0.101. The smallest absolute Gasteiger partial charge is 0.409 e. The lowest BCUT2D eigenvalue weighted by Gasteiger charge is -2.22. The van der Waals surface area contributed by atoms with Gasteiger partial charge in [0.2, 0.25) is 0 Å². The topological polar surface area (TPSA) is 93.0 Å². The lowest BCUT2D eigenvalue weighted by Crippen LogP contribution is -2.38. The summed E-state index contributed by atoms with van der Waals surface area (Å²) in [7, 11) is 0. The highest BCUT2D eigenvalue weighted by atomic mass is 16.6. The number of nitro benzene ring substituents is 1. The summed E-state index contributed by atoms with van der Waals surface area (Å²) in [5, 5.41) is 10.8. The minimum Gasteiger partial charge on any atom is -0.449 e. The standard InChI is InChI=1S/C18H25N3O5/c1-13(2)12-26-18(23)20-8-4-7-19(9-10-20)17(22)16-6-5-15(21(24)25)11-14(16)3/h5-6,11,13H,4,7-10,12H2,1-3H3. The Morgan fingerprint density at radius 3 is 2.46 bits per heavy atom. The SMILES string of the molecule is Cc1cc([N+](=O)[O-])ccc1C(=O)N1CCCN(C(=O)OCC(C)C)CC1. The van der Waals surface area contributed by atoms with Crippen LogP contribution in [0.3, 0.4) is 0 Å². The van der Waals surface area contributed by atoms with Crippen molar-refractivity contribution in [3.8, 4) is 0 Å². The van der Waals surface area contributed by atoms with Crippen molar-refractivity contribution in [1.82, 2.24) is 9.80 Å². The van der Waals surface area contributed by atoms with E-state index >= 15 is 0 Å². The fourth-order valence-electron chi connectivity index (χ4n) is 2.80. The maximum absolute atomic E-state index is 12.8. The van der Waals surface area contributed by atoms with Crippen molar-refractivity contribution in [3.63, 3.8) is 0 Å². The molecule has 8 nitrogen and oxygen atoms in total. The Kier molecular flexibility index (Phi) is 6.54. The summed E-state index contributed by atoms with van der Waals surface area (Å²) in [5.41, 5.74) is 0.988. The van der Waals surface area contributed by atoms with Gasteiger partial charge >= 0.3 is 6.09 Å². The molecule has 1 saturated heterocycles. The lowest BCUT2D eigenvalue weighted by molar-refractivity contribution is -0.384. The van der Waals surface area contributed by atoms with E-state index in [9.17, 15) is 19.7 Å². The summed E-state index contributed by atoms with van der Waals surface area (Å²) in [6.45, 7) is 7.91. The van der Waals surface area contributed by atoms with E-state index < -0.39 is 4.92 Å². The number of aryl methyl sites for hydroxylation is 1. The second-order valence-corrected chi connectivity index (χ2v) is 6.86. The number of ether oxygens (including phenoxy) is 1. The lowest BCUT2D eigenvalue weighted by atomic mass is 10.1. The average molecular weight is 363 g/mol. The van der Waals surface area contributed by atoms with E-state index in [1.165, 1.54) is 18.2 Å². The van der Waals surface area contributed by atoms with Crippen molar-refractivity contribution in [2.75, 3.05) is 32.8 Å². The van der Waals surface area contributed by atoms with Gasteiger partial charge in [-0.15, -0.1) is 0 Å². The first-order chi connectivity index (χ1) is 12.3. The summed E-state index contributed by atoms with van der Waals surface area (Å²) >= 11 is 0. The molecule has 1 aromatic rings. The Morgan fingerprint density at radius 2 is 1.85 bits per heavy atom. The molecule has 0 saturated carbocycles. The number of nitro groups is 1. The third-order valence-corrected chi connectivity index (χ3v) is 4.23. The van der Waals surface area contributed by atoms with Crippen molar-refractivity contribution in [1.29, 1.82) is 0 Å². The quantitative estimate of drug-likeness (QED) is 0.606. The van der Waals surface area contributed by atoms with E-state index in [0.29, 0.717) is 50.3 Å². The highest BCUT2D eigenvalue weighted by Gasteiger charge is 2.25. The molecule has 8 heteroatoms. The van der Waals surface area contributed by atoms with Crippen LogP contribution in [0.15, 0.2) is 18.2 Å². The van der Waals surface area contributed by atoms with Crippen LogP contribution >= 0.6 is 0 Å². The van der Waals surface area contributed by atoms with Crippen LogP contribution in [0.4, 0.5) is 10.5 Å². The van der Waals surface area contributed by atoms with Gasteiger partial charge in [-0.1, -0.05) is 13.8 Å². The zero-order valence-corrected chi connectivity index (χ0v) is 15.4. The Morgan fingerprint density at radius 1 is 1.19 bits per heavy atom.